The molecule has 0 saturated heterocycles. The molecule has 0 aliphatic heterocycles. The van der Waals surface area contributed by atoms with Crippen molar-refractivity contribution in [2.24, 2.45) is 0 Å². The van der Waals surface area contributed by atoms with Crippen LogP contribution in [-0.4, -0.2) is 41.5 Å². The minimum atomic E-state index is -0.495. The Bertz CT molecular complexity index is 810. The Kier molecular flexibility index (Phi) is 6.49. The van der Waals surface area contributed by atoms with Crippen LogP contribution in [-0.2, 0) is 4.74 Å². The predicted octanol–water partition coefficient (Wildman–Crippen LogP) is 3.68. The number of hydrogen-bond donors (Lipinski definition) is 0. The van der Waals surface area contributed by atoms with E-state index in [1.165, 1.54) is 14.2 Å². The predicted molar refractivity (Wildman–Crippen MR) is 99.4 cm³/mol. The van der Waals surface area contributed by atoms with Crippen molar-refractivity contribution >= 4 is 18.1 Å². The number of hydrogen-bond acceptors (Lipinski definition) is 6. The van der Waals surface area contributed by atoms with Crippen molar-refractivity contribution in [2.75, 3.05) is 35.5 Å². The molecule has 138 valence electrons. The first-order valence-corrected chi connectivity index (χ1v) is 7.82. The number of ether oxygens (including phenoxy) is 5. The molecule has 2 aromatic carbocycles. The molecule has 0 radical (unpaired) electrons. The fourth-order valence-corrected chi connectivity index (χ4v) is 2.48. The van der Waals surface area contributed by atoms with E-state index in [0.29, 0.717) is 34.1 Å². The number of rotatable bonds is 7. The zero-order valence-corrected chi connectivity index (χ0v) is 15.5. The molecule has 2 aromatic rings. The van der Waals surface area contributed by atoms with Crippen LogP contribution >= 0.6 is 0 Å². The molecule has 0 heterocycles. The van der Waals surface area contributed by atoms with Gasteiger partial charge in [0.05, 0.1) is 35.5 Å². The largest absolute Gasteiger partial charge is 0.497 e. The van der Waals surface area contributed by atoms with E-state index in [1.807, 2.05) is 18.2 Å². The molecular formula is C20H22O6. The molecule has 0 bridgehead atoms. The molecule has 0 N–H and O–H groups in total. The van der Waals surface area contributed by atoms with Crippen LogP contribution in [0.5, 0.6) is 23.0 Å². The molecule has 0 fully saturated rings. The monoisotopic (exact) mass is 358 g/mol. The molecular weight excluding hydrogens is 336 g/mol. The highest BCUT2D eigenvalue weighted by Gasteiger charge is 2.18. The maximum atomic E-state index is 12.2. The number of benzene rings is 2. The second-order valence-corrected chi connectivity index (χ2v) is 5.23. The van der Waals surface area contributed by atoms with E-state index in [2.05, 4.69) is 0 Å². The molecule has 0 aliphatic rings. The Hall–Kier alpha value is -3.15. The van der Waals surface area contributed by atoms with Gasteiger partial charge in [-0.1, -0.05) is 12.2 Å². The highest BCUT2D eigenvalue weighted by Crippen LogP contribution is 2.32. The average Bonchev–Trinajstić information content (AvgIpc) is 2.70. The third-order valence-corrected chi connectivity index (χ3v) is 3.83. The summed E-state index contributed by atoms with van der Waals surface area (Å²) >= 11 is 0. The van der Waals surface area contributed by atoms with Gasteiger partial charge in [-0.2, -0.15) is 0 Å². The van der Waals surface area contributed by atoms with Gasteiger partial charge in [-0.3, -0.25) is 0 Å². The lowest BCUT2D eigenvalue weighted by Gasteiger charge is -2.13. The molecule has 26 heavy (non-hydrogen) atoms. The van der Waals surface area contributed by atoms with Crippen LogP contribution in [0.2, 0.25) is 0 Å². The summed E-state index contributed by atoms with van der Waals surface area (Å²) in [7, 11) is 7.54. The van der Waals surface area contributed by atoms with E-state index in [4.69, 9.17) is 23.7 Å². The number of carbonyl (C=O) groups is 1. The molecule has 6 nitrogen and oxygen atoms in total. The van der Waals surface area contributed by atoms with Crippen LogP contribution in [0.15, 0.2) is 30.3 Å². The number of carbonyl (C=O) groups excluding carboxylic acids is 1. The van der Waals surface area contributed by atoms with Gasteiger partial charge in [0.25, 0.3) is 0 Å². The minimum Gasteiger partial charge on any atom is -0.497 e. The van der Waals surface area contributed by atoms with Gasteiger partial charge < -0.3 is 23.7 Å². The fourth-order valence-electron chi connectivity index (χ4n) is 2.48. The average molecular weight is 358 g/mol. The molecule has 0 unspecified atom stereocenters. The van der Waals surface area contributed by atoms with Gasteiger partial charge >= 0.3 is 5.97 Å². The maximum Gasteiger partial charge on any atom is 0.342 e. The van der Waals surface area contributed by atoms with Gasteiger partial charge in [-0.05, 0) is 23.8 Å². The fraction of sp³-hybridized carbons (Fsp3) is 0.250. The van der Waals surface area contributed by atoms with Gasteiger partial charge in [0.1, 0.15) is 28.6 Å². The Morgan fingerprint density at radius 1 is 0.731 bits per heavy atom. The molecule has 0 aliphatic carbocycles. The van der Waals surface area contributed by atoms with Crippen molar-refractivity contribution in [1.82, 2.24) is 0 Å². The Balaban J connectivity index is 2.54. The second kappa shape index (κ2) is 8.80. The first-order valence-electron chi connectivity index (χ1n) is 7.82. The van der Waals surface area contributed by atoms with Crippen molar-refractivity contribution in [3.8, 4) is 23.0 Å². The van der Waals surface area contributed by atoms with Gasteiger partial charge in [0, 0.05) is 17.7 Å². The number of esters is 1. The maximum absolute atomic E-state index is 12.2. The molecule has 0 atom stereocenters. The lowest BCUT2D eigenvalue weighted by molar-refractivity contribution is 0.0597. The van der Waals surface area contributed by atoms with Gasteiger partial charge in [0.15, 0.2) is 0 Å². The van der Waals surface area contributed by atoms with E-state index in [0.717, 1.165) is 5.56 Å². The van der Waals surface area contributed by atoms with E-state index >= 15 is 0 Å². The highest BCUT2D eigenvalue weighted by molar-refractivity contribution is 5.98. The summed E-state index contributed by atoms with van der Waals surface area (Å²) < 4.78 is 26.1. The highest BCUT2D eigenvalue weighted by atomic mass is 16.5. The van der Waals surface area contributed by atoms with E-state index in [-0.39, 0.29) is 0 Å². The van der Waals surface area contributed by atoms with E-state index < -0.39 is 5.97 Å². The van der Waals surface area contributed by atoms with Crippen LogP contribution < -0.4 is 18.9 Å². The zero-order chi connectivity index (χ0) is 19.1. The van der Waals surface area contributed by atoms with Crippen molar-refractivity contribution < 1.29 is 28.5 Å². The third-order valence-electron chi connectivity index (χ3n) is 3.83. The standard InChI is InChI=1S/C20H22O6/c1-22-15-9-8-13(17(11-15)24-3)6-7-14-10-16(23-2)12-18(25-4)19(14)20(21)26-5/h6-12H,1-5H3/b7-6+. The lowest BCUT2D eigenvalue weighted by atomic mass is 10.0. The van der Waals surface area contributed by atoms with Crippen LogP contribution in [0.25, 0.3) is 12.2 Å². The van der Waals surface area contributed by atoms with Gasteiger partial charge in [0.2, 0.25) is 0 Å². The minimum absolute atomic E-state index is 0.319. The van der Waals surface area contributed by atoms with Gasteiger partial charge in [-0.15, -0.1) is 0 Å². The molecule has 0 amide bonds. The first-order chi connectivity index (χ1) is 12.6. The Labute approximate surface area is 152 Å². The summed E-state index contributed by atoms with van der Waals surface area (Å²) in [6, 6.07) is 8.85. The molecule has 6 heteroatoms. The number of methoxy groups -OCH3 is 5. The zero-order valence-electron chi connectivity index (χ0n) is 15.5. The SMILES string of the molecule is COC(=O)c1c(/C=C/c2ccc(OC)cc2OC)cc(OC)cc1OC. The Morgan fingerprint density at radius 3 is 1.92 bits per heavy atom. The van der Waals surface area contributed by atoms with Crippen LogP contribution in [0.3, 0.4) is 0 Å². The summed E-state index contributed by atoms with van der Waals surface area (Å²) in [5.74, 6) is 1.78. The smallest absolute Gasteiger partial charge is 0.342 e. The second-order valence-electron chi connectivity index (χ2n) is 5.23. The normalized spacial score (nSPS) is 10.5. The van der Waals surface area contributed by atoms with Crippen molar-refractivity contribution in [1.29, 1.82) is 0 Å². The summed E-state index contributed by atoms with van der Waals surface area (Å²) in [6.45, 7) is 0. The van der Waals surface area contributed by atoms with E-state index in [1.54, 1.807) is 45.6 Å². The van der Waals surface area contributed by atoms with Crippen LogP contribution in [0.1, 0.15) is 21.5 Å². The third kappa shape index (κ3) is 4.08. The Morgan fingerprint density at radius 2 is 1.35 bits per heavy atom. The summed E-state index contributed by atoms with van der Waals surface area (Å²) in [4.78, 5) is 12.2. The van der Waals surface area contributed by atoms with Crippen molar-refractivity contribution in [3.63, 3.8) is 0 Å². The van der Waals surface area contributed by atoms with Gasteiger partial charge in [-0.25, -0.2) is 4.79 Å². The molecule has 0 aromatic heterocycles. The van der Waals surface area contributed by atoms with Crippen molar-refractivity contribution in [3.05, 3.63) is 47.0 Å². The molecule has 0 saturated carbocycles. The molecule has 0 spiro atoms. The topological polar surface area (TPSA) is 63.2 Å². The van der Waals surface area contributed by atoms with Crippen molar-refractivity contribution in [2.45, 2.75) is 0 Å². The summed E-state index contributed by atoms with van der Waals surface area (Å²) in [5, 5.41) is 0. The molecule has 2 rings (SSSR count). The van der Waals surface area contributed by atoms with Crippen LogP contribution in [0, 0.1) is 0 Å². The summed E-state index contributed by atoms with van der Waals surface area (Å²) in [5.41, 5.74) is 1.75. The summed E-state index contributed by atoms with van der Waals surface area (Å²) in [6.07, 6.45) is 3.61. The first kappa shape index (κ1) is 19.2. The van der Waals surface area contributed by atoms with E-state index in [9.17, 15) is 4.79 Å². The van der Waals surface area contributed by atoms with Crippen LogP contribution in [0.4, 0.5) is 0 Å². The quantitative estimate of drug-likeness (QED) is 0.556. The lowest BCUT2D eigenvalue weighted by Crippen LogP contribution is -2.07.